The van der Waals surface area contributed by atoms with Gasteiger partial charge in [-0.2, -0.15) is 0 Å². The number of hydrogen-bond donors (Lipinski definition) is 3. The van der Waals surface area contributed by atoms with Gasteiger partial charge >= 0.3 is 11.8 Å². The second-order valence-electron chi connectivity index (χ2n) is 6.79. The Morgan fingerprint density at radius 3 is 2.64 bits per heavy atom. The number of nitrogens with one attached hydrogen (secondary N) is 1. The zero-order valence-corrected chi connectivity index (χ0v) is 15.2. The minimum absolute atomic E-state index is 0. The average Bonchev–Trinajstić information content (AvgIpc) is 2.73. The molecule has 0 saturated carbocycles. The van der Waals surface area contributed by atoms with Crippen molar-refractivity contribution in [1.29, 1.82) is 0 Å². The van der Waals surface area contributed by atoms with Gasteiger partial charge in [-0.15, -0.1) is 0 Å². The molecule has 1 aliphatic heterocycles. The largest absolute Gasteiger partial charge is 0.396 e. The molecular formula is C20H24N4O4. The minimum Gasteiger partial charge on any atom is -0.396 e. The highest BCUT2D eigenvalue weighted by molar-refractivity contribution is 6.39. The molecule has 3 rings (SSSR count). The monoisotopic (exact) mass is 384 g/mol. The van der Waals surface area contributed by atoms with Crippen molar-refractivity contribution >= 4 is 23.4 Å². The van der Waals surface area contributed by atoms with E-state index in [0.717, 1.165) is 12.0 Å². The maximum absolute atomic E-state index is 12.9. The Labute approximate surface area is 163 Å². The number of aliphatic hydroxyl groups excluding tert-OH is 1. The number of primary amides is 1. The van der Waals surface area contributed by atoms with E-state index in [1.165, 1.54) is 23.4 Å². The second-order valence-corrected chi connectivity index (χ2v) is 6.79. The van der Waals surface area contributed by atoms with E-state index in [1.54, 1.807) is 0 Å². The Morgan fingerprint density at radius 2 is 1.96 bits per heavy atom. The highest BCUT2D eigenvalue weighted by atomic mass is 16.3. The molecule has 0 aliphatic carbocycles. The maximum atomic E-state index is 12.9. The molecule has 0 spiro atoms. The van der Waals surface area contributed by atoms with Gasteiger partial charge in [-0.3, -0.25) is 19.4 Å². The number of aromatic nitrogens is 1. The zero-order valence-electron chi connectivity index (χ0n) is 15.2. The molecule has 148 valence electrons. The summed E-state index contributed by atoms with van der Waals surface area (Å²) in [5.41, 5.74) is 6.50. The molecule has 2 aromatic rings. The van der Waals surface area contributed by atoms with Gasteiger partial charge < -0.3 is 21.1 Å². The zero-order chi connectivity index (χ0) is 20.1. The van der Waals surface area contributed by atoms with Gasteiger partial charge in [0.15, 0.2) is 0 Å². The van der Waals surface area contributed by atoms with E-state index < -0.39 is 17.7 Å². The van der Waals surface area contributed by atoms with E-state index in [4.69, 9.17) is 5.73 Å². The minimum atomic E-state index is -0.831. The van der Waals surface area contributed by atoms with Crippen molar-refractivity contribution in [3.05, 3.63) is 59.9 Å². The molecule has 8 heteroatoms. The maximum Gasteiger partial charge on any atom is 0.313 e. The number of piperidine rings is 1. The number of benzene rings is 1. The summed E-state index contributed by atoms with van der Waals surface area (Å²) in [5, 5.41) is 12.0. The van der Waals surface area contributed by atoms with Crippen LogP contribution in [0.5, 0.6) is 0 Å². The molecule has 0 radical (unpaired) electrons. The highest BCUT2D eigenvalue weighted by Crippen LogP contribution is 2.33. The Hall–Kier alpha value is -3.26. The normalized spacial score (nSPS) is 19.1. The molecular weight excluding hydrogens is 360 g/mol. The van der Waals surface area contributed by atoms with E-state index in [9.17, 15) is 19.5 Å². The summed E-state index contributed by atoms with van der Waals surface area (Å²) in [6.45, 7) is 0.249. The van der Waals surface area contributed by atoms with Crippen molar-refractivity contribution in [2.75, 3.05) is 18.5 Å². The number of likely N-dealkylation sites (tertiary alicyclic amines) is 1. The molecule has 1 saturated heterocycles. The molecule has 1 aromatic heterocycles. The van der Waals surface area contributed by atoms with E-state index in [1.807, 2.05) is 30.3 Å². The average molecular weight is 384 g/mol. The quantitative estimate of drug-likeness (QED) is 0.686. The number of nitrogens with zero attached hydrogens (tertiary/aromatic N) is 2. The van der Waals surface area contributed by atoms with Gasteiger partial charge in [0.2, 0.25) is 5.91 Å². The summed E-state index contributed by atoms with van der Waals surface area (Å²) in [7, 11) is 0. The molecule has 0 bridgehead atoms. The van der Waals surface area contributed by atoms with Crippen LogP contribution in [0.1, 0.15) is 36.2 Å². The third-order valence-corrected chi connectivity index (χ3v) is 4.86. The lowest BCUT2D eigenvalue weighted by Crippen LogP contribution is -2.47. The van der Waals surface area contributed by atoms with Crippen LogP contribution in [0.25, 0.3) is 0 Å². The van der Waals surface area contributed by atoms with Crippen LogP contribution in [-0.2, 0) is 9.59 Å². The highest BCUT2D eigenvalue weighted by Gasteiger charge is 2.35. The van der Waals surface area contributed by atoms with Gasteiger partial charge in [0.25, 0.3) is 0 Å². The third-order valence-electron chi connectivity index (χ3n) is 4.86. The van der Waals surface area contributed by atoms with Gasteiger partial charge in [-0.1, -0.05) is 30.3 Å². The van der Waals surface area contributed by atoms with E-state index in [2.05, 4.69) is 10.3 Å². The molecule has 2 heterocycles. The predicted octanol–water partition coefficient (Wildman–Crippen LogP) is 1.34. The second kappa shape index (κ2) is 8.62. The van der Waals surface area contributed by atoms with Gasteiger partial charge in [-0.25, -0.2) is 0 Å². The van der Waals surface area contributed by atoms with E-state index >= 15 is 0 Å². The van der Waals surface area contributed by atoms with Crippen LogP contribution in [0.3, 0.4) is 0 Å². The first kappa shape index (κ1) is 19.5. The van der Waals surface area contributed by atoms with Gasteiger partial charge in [0, 0.05) is 20.8 Å². The van der Waals surface area contributed by atoms with Crippen LogP contribution < -0.4 is 11.1 Å². The van der Waals surface area contributed by atoms with Crippen LogP contribution in [0.4, 0.5) is 5.69 Å². The fraction of sp³-hybridized carbons (Fsp3) is 0.300. The molecule has 0 unspecified atom stereocenters. The molecule has 28 heavy (non-hydrogen) atoms. The first-order valence-electron chi connectivity index (χ1n) is 9.02. The Kier molecular flexibility index (Phi) is 6.00. The summed E-state index contributed by atoms with van der Waals surface area (Å²) < 4.78 is 0. The van der Waals surface area contributed by atoms with Gasteiger partial charge in [0.1, 0.15) is 0 Å². The lowest BCUT2D eigenvalue weighted by atomic mass is 9.89. The Balaban J connectivity index is 0.00000300. The first-order chi connectivity index (χ1) is 13.5. The lowest BCUT2D eigenvalue weighted by Gasteiger charge is -2.39. The van der Waals surface area contributed by atoms with Gasteiger partial charge in [0.05, 0.1) is 23.5 Å². The molecule has 1 aliphatic rings. The first-order valence-corrected chi connectivity index (χ1v) is 9.02. The number of hydrogen-bond acceptors (Lipinski definition) is 5. The molecule has 1 fully saturated rings. The Bertz CT molecular complexity index is 878. The number of carbonyl (C=O) groups is 3. The fourth-order valence-electron chi connectivity index (χ4n) is 3.40. The van der Waals surface area contributed by atoms with Crippen molar-refractivity contribution in [2.45, 2.75) is 18.9 Å². The van der Waals surface area contributed by atoms with Gasteiger partial charge in [-0.05, 0) is 30.4 Å². The number of aliphatic hydroxyl groups is 1. The van der Waals surface area contributed by atoms with Crippen LogP contribution in [0.15, 0.2) is 48.8 Å². The molecule has 3 amide bonds. The van der Waals surface area contributed by atoms with Crippen molar-refractivity contribution in [3.63, 3.8) is 0 Å². The molecule has 1 aromatic carbocycles. The number of anilines is 1. The van der Waals surface area contributed by atoms with Crippen molar-refractivity contribution in [1.82, 2.24) is 9.88 Å². The fourth-order valence-corrected chi connectivity index (χ4v) is 3.40. The summed E-state index contributed by atoms with van der Waals surface area (Å²) in [4.78, 5) is 42.0. The predicted molar refractivity (Wildman–Crippen MR) is 104 cm³/mol. The number of carbonyl (C=O) groups excluding carboxylic acids is 3. The molecule has 2 atom stereocenters. The number of nitrogens with two attached hydrogens (primary N) is 1. The van der Waals surface area contributed by atoms with E-state index in [0.29, 0.717) is 13.0 Å². The SMILES string of the molecule is NC(=O)c1cncc(NC(=O)C(=O)N2C[C@@H](CO)CC[C@H]2c2ccccc2)c1.[HH]. The van der Waals surface area contributed by atoms with Crippen molar-refractivity contribution in [3.8, 4) is 0 Å². The number of pyridine rings is 1. The number of amides is 3. The van der Waals surface area contributed by atoms with Crippen LogP contribution in [-0.4, -0.2) is 45.9 Å². The van der Waals surface area contributed by atoms with Crippen molar-refractivity contribution < 1.29 is 20.9 Å². The smallest absolute Gasteiger partial charge is 0.313 e. The van der Waals surface area contributed by atoms with E-state index in [-0.39, 0.29) is 31.2 Å². The van der Waals surface area contributed by atoms with Crippen LogP contribution >= 0.6 is 0 Å². The number of rotatable bonds is 4. The lowest BCUT2D eigenvalue weighted by molar-refractivity contribution is -0.147. The Morgan fingerprint density at radius 1 is 1.21 bits per heavy atom. The van der Waals surface area contributed by atoms with Crippen molar-refractivity contribution in [2.24, 2.45) is 11.7 Å². The summed E-state index contributed by atoms with van der Waals surface area (Å²) in [5.74, 6) is -2.28. The third kappa shape index (κ3) is 4.34. The van der Waals surface area contributed by atoms with Crippen LogP contribution in [0.2, 0.25) is 0 Å². The summed E-state index contributed by atoms with van der Waals surface area (Å²) >= 11 is 0. The summed E-state index contributed by atoms with van der Waals surface area (Å²) in [6, 6.07) is 10.6. The summed E-state index contributed by atoms with van der Waals surface area (Å²) in [6.07, 6.45) is 4.04. The topological polar surface area (TPSA) is 126 Å². The molecule has 4 N–H and O–H groups in total. The standard InChI is InChI=1S/C20H22N4O4.H2/c21-18(26)15-8-16(10-22-9-15)23-19(27)20(28)24-11-13(12-25)6-7-17(24)14-4-2-1-3-5-14;/h1-5,8-10,13,17,25H,6-7,11-12H2,(H2,21,26)(H,23,27);1H/t13-,17-;/m0./s1. The van der Waals surface area contributed by atoms with Crippen LogP contribution in [0, 0.1) is 5.92 Å². The molecule has 8 nitrogen and oxygen atoms in total.